The molecular formula is C14H27N3O6. The second kappa shape index (κ2) is 8.54. The third-order valence-electron chi connectivity index (χ3n) is 2.85. The van der Waals surface area contributed by atoms with Crippen LogP contribution in [0.2, 0.25) is 0 Å². The first-order chi connectivity index (χ1) is 10.4. The number of likely N-dealkylation sites (N-methyl/N-ethyl adjacent to an activating group) is 1. The van der Waals surface area contributed by atoms with Gasteiger partial charge in [-0.15, -0.1) is 5.01 Å². The number of esters is 1. The number of hydrogen-bond acceptors (Lipinski definition) is 6. The molecule has 0 aliphatic carbocycles. The van der Waals surface area contributed by atoms with Gasteiger partial charge in [0.1, 0.15) is 0 Å². The summed E-state index contributed by atoms with van der Waals surface area (Å²) in [6.45, 7) is 10.1. The summed E-state index contributed by atoms with van der Waals surface area (Å²) in [6.07, 6.45) is -0.797. The van der Waals surface area contributed by atoms with Crippen LogP contribution in [0.5, 0.6) is 0 Å². The van der Waals surface area contributed by atoms with Gasteiger partial charge in [0.2, 0.25) is 5.28 Å². The summed E-state index contributed by atoms with van der Waals surface area (Å²) in [7, 11) is 1.30. The van der Waals surface area contributed by atoms with E-state index in [0.717, 1.165) is 5.01 Å². The van der Waals surface area contributed by atoms with Crippen LogP contribution in [0.25, 0.3) is 0 Å². The van der Waals surface area contributed by atoms with E-state index >= 15 is 0 Å². The highest BCUT2D eigenvalue weighted by Gasteiger charge is 2.30. The summed E-state index contributed by atoms with van der Waals surface area (Å²) in [5.41, 5.74) is -0.711. The van der Waals surface area contributed by atoms with Gasteiger partial charge in [-0.05, 0) is 33.1 Å². The molecule has 2 atom stereocenters. The molecule has 0 aliphatic heterocycles. The first kappa shape index (κ1) is 20.9. The molecule has 134 valence electrons. The van der Waals surface area contributed by atoms with Crippen LogP contribution in [0.4, 0.5) is 0 Å². The number of nitrogens with zero attached hydrogens (tertiary/aromatic N) is 3. The number of carbonyl (C=O) groups excluding carboxylic acids is 1. The normalized spacial score (nSPS) is 15.0. The highest BCUT2D eigenvalue weighted by atomic mass is 16.8. The van der Waals surface area contributed by atoms with Gasteiger partial charge in [0, 0.05) is 6.92 Å². The number of carboxylic acids is 1. The van der Waals surface area contributed by atoms with E-state index in [1.807, 2.05) is 13.8 Å². The zero-order valence-corrected chi connectivity index (χ0v) is 14.8. The summed E-state index contributed by atoms with van der Waals surface area (Å²) in [6, 6.07) is -1.03. The first-order valence-electron chi connectivity index (χ1n) is 7.37. The van der Waals surface area contributed by atoms with Crippen molar-refractivity contribution in [2.45, 2.75) is 60.3 Å². The number of aliphatic carboxylic acids is 1. The van der Waals surface area contributed by atoms with E-state index in [1.54, 1.807) is 20.8 Å². The summed E-state index contributed by atoms with van der Waals surface area (Å²) in [5.74, 6) is -1.56. The minimum absolute atomic E-state index is 0.0303. The Morgan fingerprint density at radius 1 is 1.30 bits per heavy atom. The molecule has 0 saturated heterocycles. The van der Waals surface area contributed by atoms with Crippen LogP contribution >= 0.6 is 0 Å². The number of carbonyl (C=O) groups is 2. The molecule has 0 bridgehead atoms. The lowest BCUT2D eigenvalue weighted by Gasteiger charge is -2.22. The lowest BCUT2D eigenvalue weighted by molar-refractivity contribution is -0.712. The van der Waals surface area contributed by atoms with Crippen LogP contribution in [0.15, 0.2) is 5.28 Å². The molecule has 9 heteroatoms. The van der Waals surface area contributed by atoms with Crippen LogP contribution in [-0.4, -0.2) is 46.4 Å². The lowest BCUT2D eigenvalue weighted by atomic mass is 9.97. The summed E-state index contributed by atoms with van der Waals surface area (Å²) in [4.78, 5) is 27.7. The van der Waals surface area contributed by atoms with Crippen molar-refractivity contribution in [3.05, 3.63) is 5.21 Å². The SMILES string of the molecule is CC(C)C[C@@H](C(=O)O)N(C)[N+]([O-])=NOC(C)OC(=O)C(C)(C)C. The minimum atomic E-state index is -1.13. The molecule has 0 saturated carbocycles. The molecule has 9 nitrogen and oxygen atoms in total. The molecule has 0 fully saturated rings. The molecule has 0 aromatic carbocycles. The lowest BCUT2D eigenvalue weighted by Crippen LogP contribution is -2.43. The summed E-state index contributed by atoms with van der Waals surface area (Å²) in [5, 5.41) is 25.1. The van der Waals surface area contributed by atoms with Crippen molar-refractivity contribution in [2.75, 3.05) is 7.05 Å². The average Bonchev–Trinajstić information content (AvgIpc) is 2.39. The van der Waals surface area contributed by atoms with Gasteiger partial charge >= 0.3 is 11.9 Å². The Labute approximate surface area is 136 Å². The zero-order chi connectivity index (χ0) is 18.4. The number of ether oxygens (including phenoxy) is 1. The fourth-order valence-electron chi connectivity index (χ4n) is 1.49. The number of hydrazine groups is 1. The molecule has 1 N–H and O–H groups in total. The third-order valence-corrected chi connectivity index (χ3v) is 2.85. The van der Waals surface area contributed by atoms with Gasteiger partial charge in [0.25, 0.3) is 6.29 Å². The average molecular weight is 333 g/mol. The second-order valence-corrected chi connectivity index (χ2v) is 6.72. The number of hydrogen-bond donors (Lipinski definition) is 1. The van der Waals surface area contributed by atoms with Gasteiger partial charge in [-0.1, -0.05) is 13.8 Å². The van der Waals surface area contributed by atoms with Gasteiger partial charge in [0.15, 0.2) is 6.04 Å². The first-order valence-corrected chi connectivity index (χ1v) is 7.37. The van der Waals surface area contributed by atoms with Crippen LogP contribution in [0, 0.1) is 16.5 Å². The smallest absolute Gasteiger partial charge is 0.332 e. The Morgan fingerprint density at radius 3 is 2.22 bits per heavy atom. The monoisotopic (exact) mass is 333 g/mol. The molecule has 1 unspecified atom stereocenters. The molecule has 0 rings (SSSR count). The molecule has 0 spiro atoms. The van der Waals surface area contributed by atoms with E-state index in [1.165, 1.54) is 14.0 Å². The van der Waals surface area contributed by atoms with Crippen LogP contribution in [0.3, 0.4) is 0 Å². The van der Waals surface area contributed by atoms with E-state index in [0.29, 0.717) is 0 Å². The third kappa shape index (κ3) is 7.66. The molecule has 0 aromatic rings. The Bertz CT molecular complexity index is 444. The quantitative estimate of drug-likeness (QED) is 0.238. The van der Waals surface area contributed by atoms with Crippen molar-refractivity contribution in [3.8, 4) is 0 Å². The maximum atomic E-state index is 11.8. The fourth-order valence-corrected chi connectivity index (χ4v) is 1.49. The fraction of sp³-hybridized carbons (Fsp3) is 0.857. The van der Waals surface area contributed by atoms with Crippen molar-refractivity contribution in [3.63, 3.8) is 0 Å². The maximum absolute atomic E-state index is 11.8. The number of rotatable bonds is 8. The standard InChI is InChI=1S/C14H27N3O6/c1-9(2)8-11(12(18)19)16(7)17(21)15-23-10(3)22-13(20)14(4,5)6/h9-11H,8H2,1-7H3,(H,18,19)/t10?,11-/m0/s1. The van der Waals surface area contributed by atoms with E-state index in [4.69, 9.17) is 14.7 Å². The van der Waals surface area contributed by atoms with E-state index in [-0.39, 0.29) is 17.3 Å². The largest absolute Gasteiger partial charge is 0.569 e. The van der Waals surface area contributed by atoms with Gasteiger partial charge in [-0.2, -0.15) is 0 Å². The van der Waals surface area contributed by atoms with E-state index in [9.17, 15) is 14.8 Å². The molecule has 0 aromatic heterocycles. The van der Waals surface area contributed by atoms with Crippen molar-refractivity contribution in [1.82, 2.24) is 5.01 Å². The minimum Gasteiger partial charge on any atom is -0.569 e. The summed E-state index contributed by atoms with van der Waals surface area (Å²) >= 11 is 0. The Morgan fingerprint density at radius 2 is 1.83 bits per heavy atom. The van der Waals surface area contributed by atoms with Crippen LogP contribution in [0.1, 0.15) is 48.0 Å². The van der Waals surface area contributed by atoms with Crippen molar-refractivity contribution >= 4 is 11.9 Å². The zero-order valence-electron chi connectivity index (χ0n) is 14.8. The van der Waals surface area contributed by atoms with Crippen molar-refractivity contribution < 1.29 is 29.2 Å². The van der Waals surface area contributed by atoms with E-state index < -0.39 is 29.7 Å². The van der Waals surface area contributed by atoms with Crippen LogP contribution < -0.4 is 0 Å². The molecule has 0 amide bonds. The van der Waals surface area contributed by atoms with E-state index in [2.05, 4.69) is 5.28 Å². The van der Waals surface area contributed by atoms with Gasteiger partial charge in [-0.25, -0.2) is 4.79 Å². The molecule has 23 heavy (non-hydrogen) atoms. The molecule has 0 aliphatic rings. The van der Waals surface area contributed by atoms with Gasteiger partial charge in [-0.3, -0.25) is 9.63 Å². The Kier molecular flexibility index (Phi) is 7.78. The highest BCUT2D eigenvalue weighted by Crippen LogP contribution is 2.17. The molecule has 0 radical (unpaired) electrons. The second-order valence-electron chi connectivity index (χ2n) is 6.72. The Hall–Kier alpha value is -2.06. The van der Waals surface area contributed by atoms with Gasteiger partial charge in [0.05, 0.1) is 17.4 Å². The topological polar surface area (TPSA) is 114 Å². The van der Waals surface area contributed by atoms with Gasteiger partial charge < -0.3 is 15.1 Å². The predicted molar refractivity (Wildman–Crippen MR) is 80.8 cm³/mol. The molecule has 0 heterocycles. The van der Waals surface area contributed by atoms with Crippen molar-refractivity contribution in [1.29, 1.82) is 0 Å². The van der Waals surface area contributed by atoms with Crippen molar-refractivity contribution in [2.24, 2.45) is 16.6 Å². The Balaban J connectivity index is 4.74. The molecular weight excluding hydrogens is 306 g/mol. The van der Waals surface area contributed by atoms with Crippen LogP contribution in [-0.2, 0) is 19.2 Å². The maximum Gasteiger partial charge on any atom is 0.332 e. The number of carboxylic acid groups (broad SMARTS) is 1. The predicted octanol–water partition coefficient (Wildman–Crippen LogP) is 2.16. The summed E-state index contributed by atoms with van der Waals surface area (Å²) < 4.78 is 4.96. The highest BCUT2D eigenvalue weighted by molar-refractivity contribution is 5.75.